The van der Waals surface area contributed by atoms with E-state index < -0.39 is 0 Å². The number of carbonyl (C=O) groups excluding carboxylic acids is 1. The van der Waals surface area contributed by atoms with Gasteiger partial charge in [0.05, 0.1) is 13.7 Å². The van der Waals surface area contributed by atoms with Crippen LogP contribution < -0.4 is 20.1 Å². The molecule has 0 spiro atoms. The minimum atomic E-state index is 0.0414. The van der Waals surface area contributed by atoms with Crippen molar-refractivity contribution in [1.82, 2.24) is 10.6 Å². The fraction of sp³-hybridized carbons (Fsp3) is 0.667. The van der Waals surface area contributed by atoms with Crippen molar-refractivity contribution in [2.75, 3.05) is 20.8 Å². The molecule has 1 fully saturated rings. The maximum Gasteiger partial charge on any atom is 0.219 e. The van der Waals surface area contributed by atoms with E-state index in [0.29, 0.717) is 25.5 Å². The van der Waals surface area contributed by atoms with Gasteiger partial charge in [-0.3, -0.25) is 4.79 Å². The van der Waals surface area contributed by atoms with Gasteiger partial charge < -0.3 is 20.1 Å². The normalized spacial score (nSPS) is 16.1. The van der Waals surface area contributed by atoms with E-state index in [9.17, 15) is 4.79 Å². The number of amides is 1. The monoisotopic (exact) mass is 362 g/mol. The molecule has 1 aliphatic rings. The molecule has 146 valence electrons. The Bertz CT molecular complexity index is 556. The van der Waals surface area contributed by atoms with E-state index in [1.165, 1.54) is 32.1 Å². The number of hydrogen-bond acceptors (Lipinski definition) is 4. The molecule has 1 atom stereocenters. The van der Waals surface area contributed by atoms with Gasteiger partial charge in [0.1, 0.15) is 11.5 Å². The Morgan fingerprint density at radius 3 is 2.73 bits per heavy atom. The first-order valence-electron chi connectivity index (χ1n) is 9.87. The summed E-state index contributed by atoms with van der Waals surface area (Å²) in [7, 11) is 3.34. The highest BCUT2D eigenvalue weighted by molar-refractivity contribution is 5.75. The Morgan fingerprint density at radius 2 is 2.04 bits per heavy atom. The largest absolute Gasteiger partial charge is 0.496 e. The molecule has 1 amide bonds. The van der Waals surface area contributed by atoms with Crippen molar-refractivity contribution < 1.29 is 14.3 Å². The molecule has 1 saturated carbocycles. The maximum absolute atomic E-state index is 11.2. The van der Waals surface area contributed by atoms with Crippen molar-refractivity contribution in [3.63, 3.8) is 0 Å². The van der Waals surface area contributed by atoms with E-state index in [-0.39, 0.29) is 5.91 Å². The van der Waals surface area contributed by atoms with Crippen LogP contribution >= 0.6 is 0 Å². The van der Waals surface area contributed by atoms with Crippen molar-refractivity contribution in [3.8, 4) is 11.5 Å². The number of carbonyl (C=O) groups is 1. The number of rotatable bonds is 10. The van der Waals surface area contributed by atoms with Crippen molar-refractivity contribution in [2.45, 2.75) is 64.5 Å². The summed E-state index contributed by atoms with van der Waals surface area (Å²) in [4.78, 5) is 11.2. The van der Waals surface area contributed by atoms with E-state index in [4.69, 9.17) is 9.47 Å². The van der Waals surface area contributed by atoms with E-state index in [1.807, 2.05) is 12.1 Å². The minimum Gasteiger partial charge on any atom is -0.496 e. The second-order valence-corrected chi connectivity index (χ2v) is 7.17. The molecule has 2 N–H and O–H groups in total. The zero-order chi connectivity index (χ0) is 18.8. The van der Waals surface area contributed by atoms with E-state index in [1.54, 1.807) is 14.2 Å². The van der Waals surface area contributed by atoms with Gasteiger partial charge in [-0.25, -0.2) is 0 Å². The second kappa shape index (κ2) is 11.1. The van der Waals surface area contributed by atoms with Crippen LogP contribution in [-0.2, 0) is 11.3 Å². The van der Waals surface area contributed by atoms with Crippen LogP contribution in [-0.4, -0.2) is 32.7 Å². The van der Waals surface area contributed by atoms with Crippen molar-refractivity contribution in [3.05, 3.63) is 23.8 Å². The number of nitrogens with one attached hydrogen (secondary N) is 2. The van der Waals surface area contributed by atoms with E-state index >= 15 is 0 Å². The van der Waals surface area contributed by atoms with E-state index in [0.717, 1.165) is 29.5 Å². The summed E-state index contributed by atoms with van der Waals surface area (Å²) in [5.41, 5.74) is 1.15. The van der Waals surface area contributed by atoms with Gasteiger partial charge in [-0.1, -0.05) is 25.3 Å². The van der Waals surface area contributed by atoms with Crippen LogP contribution in [0.3, 0.4) is 0 Å². The molecular formula is C21H34N2O3. The highest BCUT2D eigenvalue weighted by atomic mass is 16.5. The zero-order valence-corrected chi connectivity index (χ0v) is 16.5. The third-order valence-electron chi connectivity index (χ3n) is 5.33. The van der Waals surface area contributed by atoms with Gasteiger partial charge in [0.25, 0.3) is 0 Å². The summed E-state index contributed by atoms with van der Waals surface area (Å²) in [5, 5.41) is 6.28. The third-order valence-corrected chi connectivity index (χ3v) is 5.33. The number of benzene rings is 1. The Balaban J connectivity index is 1.82. The molecule has 0 aromatic heterocycles. The molecule has 0 unspecified atom stereocenters. The molecule has 1 aliphatic carbocycles. The Kier molecular flexibility index (Phi) is 8.75. The first-order chi connectivity index (χ1) is 12.6. The molecule has 26 heavy (non-hydrogen) atoms. The highest BCUT2D eigenvalue weighted by Crippen LogP contribution is 2.28. The maximum atomic E-state index is 11.2. The fourth-order valence-corrected chi connectivity index (χ4v) is 3.58. The summed E-state index contributed by atoms with van der Waals surface area (Å²) in [6, 6.07) is 6.50. The van der Waals surface area contributed by atoms with Gasteiger partial charge in [-0.2, -0.15) is 0 Å². The van der Waals surface area contributed by atoms with Crippen molar-refractivity contribution in [1.29, 1.82) is 0 Å². The minimum absolute atomic E-state index is 0.0414. The van der Waals surface area contributed by atoms with Gasteiger partial charge in [-0.05, 0) is 38.2 Å². The summed E-state index contributed by atoms with van der Waals surface area (Å²) in [6.45, 7) is 3.62. The molecule has 0 heterocycles. The van der Waals surface area contributed by atoms with Crippen LogP contribution in [0.15, 0.2) is 18.2 Å². The first kappa shape index (κ1) is 20.6. The van der Waals surface area contributed by atoms with Crippen LogP contribution in [0.25, 0.3) is 0 Å². The first-order valence-corrected chi connectivity index (χ1v) is 9.87. The summed E-state index contributed by atoms with van der Waals surface area (Å²) in [6.07, 6.45) is 7.99. The summed E-state index contributed by atoms with van der Waals surface area (Å²) >= 11 is 0. The molecule has 1 aromatic rings. The summed E-state index contributed by atoms with van der Waals surface area (Å²) < 4.78 is 11.3. The van der Waals surface area contributed by atoms with Crippen LogP contribution in [0.5, 0.6) is 11.5 Å². The van der Waals surface area contributed by atoms with Crippen LogP contribution in [0, 0.1) is 5.92 Å². The molecule has 5 nitrogen and oxygen atoms in total. The van der Waals surface area contributed by atoms with Crippen molar-refractivity contribution in [2.24, 2.45) is 5.92 Å². The summed E-state index contributed by atoms with van der Waals surface area (Å²) in [5.74, 6) is 2.46. The second-order valence-electron chi connectivity index (χ2n) is 7.17. The molecule has 0 radical (unpaired) electrons. The van der Waals surface area contributed by atoms with Gasteiger partial charge >= 0.3 is 0 Å². The number of methoxy groups -OCH3 is 1. The van der Waals surface area contributed by atoms with Gasteiger partial charge in [0.15, 0.2) is 0 Å². The highest BCUT2D eigenvalue weighted by Gasteiger charge is 2.19. The number of hydrogen-bond donors (Lipinski definition) is 2. The zero-order valence-electron chi connectivity index (χ0n) is 16.5. The fourth-order valence-electron chi connectivity index (χ4n) is 3.58. The predicted octanol–water partition coefficient (Wildman–Crippen LogP) is 3.66. The molecule has 0 bridgehead atoms. The smallest absolute Gasteiger partial charge is 0.219 e. The average Bonchev–Trinajstić information content (AvgIpc) is 2.70. The third kappa shape index (κ3) is 6.52. The van der Waals surface area contributed by atoms with Crippen LogP contribution in [0.2, 0.25) is 0 Å². The lowest BCUT2D eigenvalue weighted by Gasteiger charge is -2.28. The predicted molar refractivity (Wildman–Crippen MR) is 105 cm³/mol. The van der Waals surface area contributed by atoms with E-state index in [2.05, 4.69) is 23.6 Å². The van der Waals surface area contributed by atoms with Crippen LogP contribution in [0.1, 0.15) is 57.4 Å². The molecule has 0 saturated heterocycles. The standard InChI is InChI=1S/C21H34N2O3/c1-16(17-8-5-4-6-9-17)23-15-18-11-12-19(14-20(18)25-3)26-13-7-10-21(24)22-2/h11-12,14,16-17,23H,4-10,13,15H2,1-3H3,(H,22,24)/t16-/m0/s1. The van der Waals surface area contributed by atoms with Gasteiger partial charge in [0, 0.05) is 37.7 Å². The van der Waals surface area contributed by atoms with Crippen molar-refractivity contribution >= 4 is 5.91 Å². The quantitative estimate of drug-likeness (QED) is 0.624. The topological polar surface area (TPSA) is 59.6 Å². The molecule has 0 aliphatic heterocycles. The Morgan fingerprint density at radius 1 is 1.27 bits per heavy atom. The SMILES string of the molecule is CNC(=O)CCCOc1ccc(CN[C@@H](C)C2CCCCC2)c(OC)c1. The molecule has 5 heteroatoms. The lowest BCUT2D eigenvalue weighted by Crippen LogP contribution is -2.34. The molecule has 2 rings (SSSR count). The molecular weight excluding hydrogens is 328 g/mol. The Labute approximate surface area is 157 Å². The number of ether oxygens (including phenoxy) is 2. The average molecular weight is 363 g/mol. The Hall–Kier alpha value is -1.75. The molecule has 1 aromatic carbocycles. The van der Waals surface area contributed by atoms with Crippen LogP contribution in [0.4, 0.5) is 0 Å². The van der Waals surface area contributed by atoms with Gasteiger partial charge in [-0.15, -0.1) is 0 Å². The lowest BCUT2D eigenvalue weighted by molar-refractivity contribution is -0.120. The lowest BCUT2D eigenvalue weighted by atomic mass is 9.84. The van der Waals surface area contributed by atoms with Gasteiger partial charge in [0.2, 0.25) is 5.91 Å².